The Hall–Kier alpha value is -2.34. The molecule has 134 valence electrons. The second-order valence-electron chi connectivity index (χ2n) is 6.03. The van der Waals surface area contributed by atoms with Crippen molar-refractivity contribution in [2.75, 3.05) is 19.7 Å². The molecule has 2 aromatic heterocycles. The van der Waals surface area contributed by atoms with Crippen LogP contribution in [0.2, 0.25) is 0 Å². The zero-order valence-corrected chi connectivity index (χ0v) is 16.0. The Bertz CT molecular complexity index is 769. The summed E-state index contributed by atoms with van der Waals surface area (Å²) in [5.41, 5.74) is 3.45. The first-order valence-electron chi connectivity index (χ1n) is 8.17. The van der Waals surface area contributed by atoms with E-state index in [0.717, 1.165) is 22.0 Å². The average Bonchev–Trinajstić information content (AvgIpc) is 3.16. The van der Waals surface area contributed by atoms with Gasteiger partial charge in [0.1, 0.15) is 5.00 Å². The van der Waals surface area contributed by atoms with Crippen molar-refractivity contribution in [3.8, 4) is 5.00 Å². The number of aromatic nitrogens is 1. The van der Waals surface area contributed by atoms with Gasteiger partial charge in [-0.15, -0.1) is 11.3 Å². The number of likely N-dealkylation sites (N-methyl/N-ethyl adjacent to an activating group) is 1. The molecule has 0 bridgehead atoms. The molecule has 25 heavy (non-hydrogen) atoms. The Morgan fingerprint density at radius 1 is 1.24 bits per heavy atom. The maximum absolute atomic E-state index is 12.5. The molecule has 6 heteroatoms. The van der Waals surface area contributed by atoms with Gasteiger partial charge in [-0.2, -0.15) is 0 Å². The number of esters is 1. The summed E-state index contributed by atoms with van der Waals surface area (Å²) >= 11 is 1.47. The second kappa shape index (κ2) is 8.16. The molecule has 0 aliphatic carbocycles. The molecular weight excluding hydrogens is 336 g/mol. The van der Waals surface area contributed by atoms with Gasteiger partial charge in [-0.1, -0.05) is 12.2 Å². The van der Waals surface area contributed by atoms with E-state index >= 15 is 0 Å². The highest BCUT2D eigenvalue weighted by molar-refractivity contribution is 7.13. The number of aryl methyl sites for hydroxylation is 2. The van der Waals surface area contributed by atoms with E-state index in [1.54, 1.807) is 11.0 Å². The fraction of sp³-hybridized carbons (Fsp3) is 0.368. The molecule has 0 radical (unpaired) electrons. The van der Waals surface area contributed by atoms with E-state index in [1.165, 1.54) is 11.3 Å². The Morgan fingerprint density at radius 3 is 2.44 bits per heavy atom. The first kappa shape index (κ1) is 19.0. The van der Waals surface area contributed by atoms with Crippen molar-refractivity contribution in [3.63, 3.8) is 0 Å². The van der Waals surface area contributed by atoms with Crippen LogP contribution in [-0.2, 0) is 9.53 Å². The van der Waals surface area contributed by atoms with Crippen LogP contribution < -0.4 is 0 Å². The van der Waals surface area contributed by atoms with E-state index in [-0.39, 0.29) is 12.5 Å². The van der Waals surface area contributed by atoms with Crippen LogP contribution in [-0.4, -0.2) is 41.0 Å². The summed E-state index contributed by atoms with van der Waals surface area (Å²) in [6.07, 6.45) is 0. The zero-order valence-electron chi connectivity index (χ0n) is 15.2. The number of rotatable bonds is 7. The number of carbonyl (C=O) groups is 2. The number of amides is 1. The summed E-state index contributed by atoms with van der Waals surface area (Å²) in [5, 5.41) is 2.67. The van der Waals surface area contributed by atoms with Crippen LogP contribution in [0.25, 0.3) is 5.00 Å². The fourth-order valence-electron chi connectivity index (χ4n) is 2.62. The Balaban J connectivity index is 2.09. The van der Waals surface area contributed by atoms with Gasteiger partial charge in [-0.05, 0) is 51.3 Å². The first-order valence-corrected chi connectivity index (χ1v) is 9.05. The van der Waals surface area contributed by atoms with E-state index in [1.807, 2.05) is 49.8 Å². The van der Waals surface area contributed by atoms with Gasteiger partial charge >= 0.3 is 5.97 Å². The molecule has 0 aliphatic heterocycles. The van der Waals surface area contributed by atoms with Crippen molar-refractivity contribution in [3.05, 3.63) is 52.7 Å². The smallest absolute Gasteiger partial charge is 0.341 e. The summed E-state index contributed by atoms with van der Waals surface area (Å²) < 4.78 is 7.28. The fourth-order valence-corrected chi connectivity index (χ4v) is 3.62. The van der Waals surface area contributed by atoms with E-state index in [2.05, 4.69) is 6.58 Å². The molecule has 5 nitrogen and oxygen atoms in total. The predicted molar refractivity (Wildman–Crippen MR) is 100 cm³/mol. The number of carbonyl (C=O) groups excluding carboxylic acids is 2. The molecule has 2 aromatic rings. The SMILES string of the molecule is C=C(C)CN(CC)C(=O)COC(=O)c1ccsc1-n1c(C)ccc1C. The van der Waals surface area contributed by atoms with Gasteiger partial charge in [0.15, 0.2) is 6.61 Å². The van der Waals surface area contributed by atoms with Crippen molar-refractivity contribution >= 4 is 23.2 Å². The third kappa shape index (κ3) is 4.39. The lowest BCUT2D eigenvalue weighted by atomic mass is 10.3. The van der Waals surface area contributed by atoms with Crippen molar-refractivity contribution in [2.24, 2.45) is 0 Å². The normalized spacial score (nSPS) is 10.6. The van der Waals surface area contributed by atoms with Crippen molar-refractivity contribution < 1.29 is 14.3 Å². The Morgan fingerprint density at radius 2 is 1.88 bits per heavy atom. The summed E-state index contributed by atoms with van der Waals surface area (Å²) in [5.74, 6) is -0.701. The lowest BCUT2D eigenvalue weighted by Gasteiger charge is -2.20. The number of thiophene rings is 1. The molecular formula is C19H24N2O3S. The number of hydrogen-bond donors (Lipinski definition) is 0. The lowest BCUT2D eigenvalue weighted by molar-refractivity contribution is -0.133. The van der Waals surface area contributed by atoms with E-state index in [4.69, 9.17) is 4.74 Å². The van der Waals surface area contributed by atoms with Gasteiger partial charge in [0.2, 0.25) is 0 Å². The first-order chi connectivity index (χ1) is 11.8. The van der Waals surface area contributed by atoms with Crippen LogP contribution in [0.3, 0.4) is 0 Å². The largest absolute Gasteiger partial charge is 0.452 e. The van der Waals surface area contributed by atoms with Crippen LogP contribution in [0, 0.1) is 13.8 Å². The molecule has 0 aromatic carbocycles. The standard InChI is InChI=1S/C19H24N2O3S/c1-6-20(11-13(2)3)17(22)12-24-19(23)16-9-10-25-18(16)21-14(4)7-8-15(21)5/h7-10H,2,6,11-12H2,1,3-5H3. The summed E-state index contributed by atoms with van der Waals surface area (Å²) in [6.45, 7) is 12.3. The van der Waals surface area contributed by atoms with Crippen molar-refractivity contribution in [2.45, 2.75) is 27.7 Å². The molecule has 0 saturated carbocycles. The van der Waals surface area contributed by atoms with Crippen LogP contribution in [0.5, 0.6) is 0 Å². The van der Waals surface area contributed by atoms with Gasteiger partial charge in [-0.3, -0.25) is 4.79 Å². The molecule has 1 amide bonds. The van der Waals surface area contributed by atoms with Gasteiger partial charge in [0, 0.05) is 24.5 Å². The van der Waals surface area contributed by atoms with E-state index in [0.29, 0.717) is 18.7 Å². The van der Waals surface area contributed by atoms with Crippen molar-refractivity contribution in [1.29, 1.82) is 0 Å². The third-order valence-corrected chi connectivity index (χ3v) is 4.76. The minimum Gasteiger partial charge on any atom is -0.452 e. The molecule has 2 rings (SSSR count). The molecule has 0 saturated heterocycles. The van der Waals surface area contributed by atoms with Crippen LogP contribution in [0.15, 0.2) is 35.7 Å². The number of hydrogen-bond acceptors (Lipinski definition) is 4. The summed E-state index contributed by atoms with van der Waals surface area (Å²) in [7, 11) is 0. The topological polar surface area (TPSA) is 51.5 Å². The minimum atomic E-state index is -0.483. The molecule has 0 atom stereocenters. The summed E-state index contributed by atoms with van der Waals surface area (Å²) in [4.78, 5) is 26.3. The third-order valence-electron chi connectivity index (χ3n) is 3.86. The maximum Gasteiger partial charge on any atom is 0.341 e. The second-order valence-corrected chi connectivity index (χ2v) is 6.93. The number of nitrogens with zero attached hydrogens (tertiary/aromatic N) is 2. The molecule has 0 fully saturated rings. The molecule has 0 aliphatic rings. The lowest BCUT2D eigenvalue weighted by Crippen LogP contribution is -2.35. The van der Waals surface area contributed by atoms with Gasteiger partial charge in [-0.25, -0.2) is 4.79 Å². The van der Waals surface area contributed by atoms with Crippen LogP contribution in [0.4, 0.5) is 0 Å². The van der Waals surface area contributed by atoms with Gasteiger partial charge in [0.05, 0.1) is 5.56 Å². The van der Waals surface area contributed by atoms with E-state index in [9.17, 15) is 9.59 Å². The highest BCUT2D eigenvalue weighted by atomic mass is 32.1. The summed E-state index contributed by atoms with van der Waals surface area (Å²) in [6, 6.07) is 5.74. The monoisotopic (exact) mass is 360 g/mol. The highest BCUT2D eigenvalue weighted by Gasteiger charge is 2.20. The zero-order chi connectivity index (χ0) is 18.6. The highest BCUT2D eigenvalue weighted by Crippen LogP contribution is 2.26. The predicted octanol–water partition coefficient (Wildman–Crippen LogP) is 3.74. The van der Waals surface area contributed by atoms with Gasteiger partial charge < -0.3 is 14.2 Å². The maximum atomic E-state index is 12.5. The van der Waals surface area contributed by atoms with Gasteiger partial charge in [0.25, 0.3) is 5.91 Å². The average molecular weight is 360 g/mol. The quantitative estimate of drug-likeness (QED) is 0.558. The Kier molecular flexibility index (Phi) is 6.20. The minimum absolute atomic E-state index is 0.219. The molecule has 0 unspecified atom stereocenters. The van der Waals surface area contributed by atoms with E-state index < -0.39 is 5.97 Å². The Labute approximate surface area is 152 Å². The van der Waals surface area contributed by atoms with Crippen molar-refractivity contribution in [1.82, 2.24) is 9.47 Å². The number of ether oxygens (including phenoxy) is 1. The molecule has 0 N–H and O–H groups in total. The van der Waals surface area contributed by atoms with Crippen LogP contribution in [0.1, 0.15) is 35.6 Å². The molecule has 0 spiro atoms. The van der Waals surface area contributed by atoms with Crippen LogP contribution >= 0.6 is 11.3 Å². The molecule has 2 heterocycles.